The van der Waals surface area contributed by atoms with E-state index in [1.807, 2.05) is 0 Å². The van der Waals surface area contributed by atoms with Crippen LogP contribution in [0.15, 0.2) is 30.6 Å². The van der Waals surface area contributed by atoms with Crippen molar-refractivity contribution in [2.45, 2.75) is 37.8 Å². The average molecular weight is 406 g/mol. The summed E-state index contributed by atoms with van der Waals surface area (Å²) in [5.41, 5.74) is 4.59. The Balaban J connectivity index is 1.39. The molecule has 3 aliphatic rings. The summed E-state index contributed by atoms with van der Waals surface area (Å²) in [6.45, 7) is 6.13. The zero-order valence-electron chi connectivity index (χ0n) is 17.2. The van der Waals surface area contributed by atoms with Gasteiger partial charge in [0.2, 0.25) is 0 Å². The first-order valence-electron chi connectivity index (χ1n) is 10.9. The van der Waals surface area contributed by atoms with E-state index in [1.165, 1.54) is 29.7 Å². The number of rotatable bonds is 4. The number of fused-ring (bicyclic) bond motifs is 2. The summed E-state index contributed by atoms with van der Waals surface area (Å²) in [7, 11) is 0. The Kier molecular flexibility index (Phi) is 4.39. The van der Waals surface area contributed by atoms with Crippen molar-refractivity contribution in [3.8, 4) is 5.75 Å². The minimum Gasteiger partial charge on any atom is -0.491 e. The number of anilines is 1. The van der Waals surface area contributed by atoms with Crippen molar-refractivity contribution in [1.82, 2.24) is 19.9 Å². The molecule has 7 heteroatoms. The van der Waals surface area contributed by atoms with E-state index in [-0.39, 0.29) is 12.1 Å². The molecule has 30 heavy (non-hydrogen) atoms. The quantitative estimate of drug-likeness (QED) is 0.693. The average Bonchev–Trinajstić information content (AvgIpc) is 3.53. The lowest BCUT2D eigenvalue weighted by Gasteiger charge is -2.42. The molecule has 0 amide bonds. The van der Waals surface area contributed by atoms with Gasteiger partial charge in [-0.15, -0.1) is 0 Å². The number of benzene rings is 1. The van der Waals surface area contributed by atoms with Gasteiger partial charge in [0.1, 0.15) is 30.1 Å². The van der Waals surface area contributed by atoms with Gasteiger partial charge in [0.05, 0.1) is 30.7 Å². The second kappa shape index (κ2) is 7.25. The smallest absolute Gasteiger partial charge is 0.143 e. The number of aromatic amines is 1. The van der Waals surface area contributed by atoms with Crippen LogP contribution in [0.5, 0.6) is 5.75 Å². The molecule has 0 unspecified atom stereocenters. The number of nitrogens with one attached hydrogen (secondary N) is 2. The standard InChI is InChI=1S/C23H27N5O2/c1-14-2-5-16-20(10-14)30-12-19(28-6-8-29-9-7-28)21(16)27-23-17-11-18(15-3-4-15)26-22(17)24-13-25-23/h2,5,10-11,13,15,19,21H,3-4,6-9,12H2,1H3,(H2,24,25,26,27)/t19-,21-/m1/s1. The van der Waals surface area contributed by atoms with Gasteiger partial charge in [0.25, 0.3) is 0 Å². The van der Waals surface area contributed by atoms with Crippen LogP contribution in [0.3, 0.4) is 0 Å². The van der Waals surface area contributed by atoms with Crippen LogP contribution in [-0.4, -0.2) is 58.8 Å². The molecule has 3 aromatic rings. The maximum atomic E-state index is 6.21. The van der Waals surface area contributed by atoms with Gasteiger partial charge >= 0.3 is 0 Å². The Hall–Kier alpha value is -2.64. The fourth-order valence-corrected chi connectivity index (χ4v) is 4.74. The Morgan fingerprint density at radius 3 is 2.83 bits per heavy atom. The first kappa shape index (κ1) is 18.2. The Labute approximate surface area is 175 Å². The summed E-state index contributed by atoms with van der Waals surface area (Å²) >= 11 is 0. The van der Waals surface area contributed by atoms with E-state index in [1.54, 1.807) is 6.33 Å². The molecule has 2 N–H and O–H groups in total. The number of ether oxygens (including phenoxy) is 2. The van der Waals surface area contributed by atoms with Crippen molar-refractivity contribution >= 4 is 16.9 Å². The molecular formula is C23H27N5O2. The SMILES string of the molecule is Cc1ccc2c(c1)OC[C@@H](N1CCOCC1)[C@@H]2Nc1ncnc2[nH]c(C3CC3)cc12. The first-order chi connectivity index (χ1) is 14.8. The molecule has 4 heterocycles. The van der Waals surface area contributed by atoms with Crippen LogP contribution in [0.25, 0.3) is 11.0 Å². The lowest BCUT2D eigenvalue weighted by molar-refractivity contribution is -0.00342. The summed E-state index contributed by atoms with van der Waals surface area (Å²) in [5.74, 6) is 2.51. The molecule has 1 saturated carbocycles. The lowest BCUT2D eigenvalue weighted by Crippen LogP contribution is -2.52. The van der Waals surface area contributed by atoms with E-state index >= 15 is 0 Å². The monoisotopic (exact) mass is 405 g/mol. The molecule has 1 aromatic carbocycles. The van der Waals surface area contributed by atoms with Crippen LogP contribution in [-0.2, 0) is 4.74 Å². The molecule has 0 radical (unpaired) electrons. The van der Waals surface area contributed by atoms with Gasteiger partial charge < -0.3 is 19.8 Å². The summed E-state index contributed by atoms with van der Waals surface area (Å²) in [5, 5.41) is 4.86. The number of morpholine rings is 1. The Morgan fingerprint density at radius 1 is 1.13 bits per heavy atom. The highest BCUT2D eigenvalue weighted by atomic mass is 16.5. The summed E-state index contributed by atoms with van der Waals surface area (Å²) < 4.78 is 11.8. The highest BCUT2D eigenvalue weighted by Crippen LogP contribution is 2.42. The molecule has 1 aliphatic carbocycles. The second-order valence-corrected chi connectivity index (χ2v) is 8.67. The number of nitrogens with zero attached hydrogens (tertiary/aromatic N) is 3. The van der Waals surface area contributed by atoms with Gasteiger partial charge in [-0.1, -0.05) is 12.1 Å². The number of aromatic nitrogens is 3. The number of hydrogen-bond donors (Lipinski definition) is 2. The molecule has 2 aromatic heterocycles. The third-order valence-corrected chi connectivity index (χ3v) is 6.57. The van der Waals surface area contributed by atoms with Crippen LogP contribution in [0.2, 0.25) is 0 Å². The third-order valence-electron chi connectivity index (χ3n) is 6.57. The van der Waals surface area contributed by atoms with Crippen molar-refractivity contribution in [3.05, 3.63) is 47.4 Å². The minimum absolute atomic E-state index is 0.0878. The Bertz CT molecular complexity index is 1070. The predicted molar refractivity (Wildman–Crippen MR) is 115 cm³/mol. The molecule has 0 spiro atoms. The van der Waals surface area contributed by atoms with Gasteiger partial charge in [-0.2, -0.15) is 0 Å². The van der Waals surface area contributed by atoms with Gasteiger partial charge in [-0.05, 0) is 43.4 Å². The van der Waals surface area contributed by atoms with E-state index in [0.29, 0.717) is 12.5 Å². The van der Waals surface area contributed by atoms with Crippen LogP contribution in [0.4, 0.5) is 5.82 Å². The summed E-state index contributed by atoms with van der Waals surface area (Å²) in [6, 6.07) is 9.03. The fraction of sp³-hybridized carbons (Fsp3) is 0.478. The van der Waals surface area contributed by atoms with Gasteiger partial charge in [-0.3, -0.25) is 4.90 Å². The van der Waals surface area contributed by atoms with E-state index in [4.69, 9.17) is 9.47 Å². The van der Waals surface area contributed by atoms with Gasteiger partial charge in [0, 0.05) is 24.3 Å². The van der Waals surface area contributed by atoms with Crippen LogP contribution in [0.1, 0.15) is 41.6 Å². The fourth-order valence-electron chi connectivity index (χ4n) is 4.74. The molecule has 0 bridgehead atoms. The molecule has 2 fully saturated rings. The van der Waals surface area contributed by atoms with Crippen LogP contribution in [0, 0.1) is 6.92 Å². The normalized spacial score (nSPS) is 24.4. The van der Waals surface area contributed by atoms with Crippen molar-refractivity contribution in [3.63, 3.8) is 0 Å². The van der Waals surface area contributed by atoms with E-state index < -0.39 is 0 Å². The Morgan fingerprint density at radius 2 is 2.00 bits per heavy atom. The zero-order valence-corrected chi connectivity index (χ0v) is 17.2. The van der Waals surface area contributed by atoms with Crippen LogP contribution >= 0.6 is 0 Å². The maximum absolute atomic E-state index is 6.21. The van der Waals surface area contributed by atoms with Crippen LogP contribution < -0.4 is 10.1 Å². The minimum atomic E-state index is 0.0878. The summed E-state index contributed by atoms with van der Waals surface area (Å²) in [6.07, 6.45) is 4.17. The summed E-state index contributed by atoms with van der Waals surface area (Å²) in [4.78, 5) is 15.1. The predicted octanol–water partition coefficient (Wildman–Crippen LogP) is 3.39. The van der Waals surface area contributed by atoms with Gasteiger partial charge in [-0.25, -0.2) is 9.97 Å². The first-order valence-corrected chi connectivity index (χ1v) is 10.9. The molecule has 6 rings (SSSR count). The lowest BCUT2D eigenvalue weighted by atomic mass is 9.93. The van der Waals surface area contributed by atoms with Crippen molar-refractivity contribution in [1.29, 1.82) is 0 Å². The molecule has 1 saturated heterocycles. The number of H-pyrrole nitrogens is 1. The van der Waals surface area contributed by atoms with E-state index in [2.05, 4.69) is 56.4 Å². The van der Waals surface area contributed by atoms with Crippen molar-refractivity contribution in [2.24, 2.45) is 0 Å². The topological polar surface area (TPSA) is 75.3 Å². The van der Waals surface area contributed by atoms with Crippen molar-refractivity contribution < 1.29 is 9.47 Å². The molecule has 156 valence electrons. The van der Waals surface area contributed by atoms with E-state index in [0.717, 1.165) is 48.9 Å². The zero-order chi connectivity index (χ0) is 20.1. The highest BCUT2D eigenvalue weighted by Gasteiger charge is 2.36. The maximum Gasteiger partial charge on any atom is 0.143 e. The third kappa shape index (κ3) is 3.22. The van der Waals surface area contributed by atoms with Gasteiger partial charge in [0.15, 0.2) is 0 Å². The second-order valence-electron chi connectivity index (χ2n) is 8.67. The largest absolute Gasteiger partial charge is 0.491 e. The highest BCUT2D eigenvalue weighted by molar-refractivity contribution is 5.88. The number of aryl methyl sites for hydroxylation is 1. The molecule has 7 nitrogen and oxygen atoms in total. The number of hydrogen-bond acceptors (Lipinski definition) is 6. The molecule has 2 aliphatic heterocycles. The van der Waals surface area contributed by atoms with E-state index in [9.17, 15) is 0 Å². The van der Waals surface area contributed by atoms with Crippen molar-refractivity contribution in [2.75, 3.05) is 38.2 Å². The molecule has 2 atom stereocenters. The molecular weight excluding hydrogens is 378 g/mol.